The summed E-state index contributed by atoms with van der Waals surface area (Å²) in [5, 5.41) is 0.540. The van der Waals surface area contributed by atoms with Crippen LogP contribution in [0.3, 0.4) is 0 Å². The highest BCUT2D eigenvalue weighted by Crippen LogP contribution is 2.23. The lowest BCUT2D eigenvalue weighted by atomic mass is 9.96. The van der Waals surface area contributed by atoms with Crippen molar-refractivity contribution in [3.63, 3.8) is 0 Å². The molecule has 2 rings (SSSR count). The van der Waals surface area contributed by atoms with Gasteiger partial charge in [-0.2, -0.15) is 0 Å². The zero-order valence-electron chi connectivity index (χ0n) is 13.6. The number of halogens is 1. The first-order valence-electron chi connectivity index (χ1n) is 7.64. The third-order valence-corrected chi connectivity index (χ3v) is 3.85. The minimum absolute atomic E-state index is 0.176. The van der Waals surface area contributed by atoms with Gasteiger partial charge >= 0.3 is 5.97 Å². The summed E-state index contributed by atoms with van der Waals surface area (Å²) in [6, 6.07) is 12.9. The monoisotopic (exact) mass is 332 g/mol. The summed E-state index contributed by atoms with van der Waals surface area (Å²) in [6.07, 6.45) is 0. The van der Waals surface area contributed by atoms with Gasteiger partial charge in [0.2, 0.25) is 0 Å². The second kappa shape index (κ2) is 8.02. The van der Waals surface area contributed by atoms with E-state index in [1.54, 1.807) is 18.2 Å². The molecule has 0 unspecified atom stereocenters. The number of hydrogen-bond donors (Lipinski definition) is 0. The van der Waals surface area contributed by atoms with Crippen LogP contribution in [0, 0.1) is 6.92 Å². The molecule has 2 aromatic carbocycles. The summed E-state index contributed by atoms with van der Waals surface area (Å²) >= 11 is 5.99. The molecular weight excluding hydrogens is 312 g/mol. The number of carbonyl (C=O) groups is 1. The Labute approximate surface area is 142 Å². The van der Waals surface area contributed by atoms with E-state index in [-0.39, 0.29) is 19.2 Å². The normalized spacial score (nSPS) is 10.7. The first-order valence-corrected chi connectivity index (χ1v) is 8.02. The number of aryl methyl sites for hydroxylation is 1. The lowest BCUT2D eigenvalue weighted by molar-refractivity contribution is 0.0450. The van der Waals surface area contributed by atoms with Gasteiger partial charge in [-0.05, 0) is 48.2 Å². The zero-order valence-corrected chi connectivity index (χ0v) is 14.4. The second-order valence-corrected chi connectivity index (χ2v) is 6.05. The van der Waals surface area contributed by atoms with E-state index >= 15 is 0 Å². The van der Waals surface area contributed by atoms with Gasteiger partial charge < -0.3 is 9.47 Å². The fourth-order valence-corrected chi connectivity index (χ4v) is 2.57. The highest BCUT2D eigenvalue weighted by atomic mass is 35.5. The molecule has 0 aliphatic carbocycles. The van der Waals surface area contributed by atoms with Crippen molar-refractivity contribution in [1.29, 1.82) is 0 Å². The molecule has 0 fully saturated rings. The van der Waals surface area contributed by atoms with E-state index in [2.05, 4.69) is 13.8 Å². The van der Waals surface area contributed by atoms with Crippen LogP contribution in [-0.4, -0.2) is 19.2 Å². The smallest absolute Gasteiger partial charge is 0.338 e. The highest BCUT2D eigenvalue weighted by Gasteiger charge is 2.11. The molecule has 3 nitrogen and oxygen atoms in total. The molecule has 0 saturated heterocycles. The van der Waals surface area contributed by atoms with E-state index in [9.17, 15) is 4.79 Å². The molecule has 0 heterocycles. The van der Waals surface area contributed by atoms with Gasteiger partial charge in [-0.3, -0.25) is 0 Å². The predicted octanol–water partition coefficient (Wildman–Crippen LogP) is 5.01. The Morgan fingerprint density at radius 1 is 1.13 bits per heavy atom. The van der Waals surface area contributed by atoms with Crippen molar-refractivity contribution >= 4 is 17.6 Å². The molecular formula is C19H21ClO3. The Balaban J connectivity index is 1.85. The summed E-state index contributed by atoms with van der Waals surface area (Å²) in [5.74, 6) is 0.678. The first kappa shape index (κ1) is 17.4. The second-order valence-electron chi connectivity index (χ2n) is 5.64. The maximum atomic E-state index is 12.1. The van der Waals surface area contributed by atoms with Crippen molar-refractivity contribution in [1.82, 2.24) is 0 Å². The van der Waals surface area contributed by atoms with Crippen LogP contribution in [0.25, 0.3) is 0 Å². The fourth-order valence-electron chi connectivity index (χ4n) is 2.38. The number of para-hydroxylation sites is 1. The average molecular weight is 333 g/mol. The summed E-state index contributed by atoms with van der Waals surface area (Å²) in [5.41, 5.74) is 2.90. The lowest BCUT2D eigenvalue weighted by Gasteiger charge is -2.12. The van der Waals surface area contributed by atoms with E-state index in [0.717, 1.165) is 5.56 Å². The SMILES string of the molecule is Cc1cc(C(=O)OCCOc2ccccc2Cl)ccc1C(C)C. The Bertz CT molecular complexity index is 680. The van der Waals surface area contributed by atoms with Crippen LogP contribution < -0.4 is 4.74 Å². The number of ether oxygens (including phenoxy) is 2. The molecule has 23 heavy (non-hydrogen) atoms. The largest absolute Gasteiger partial charge is 0.488 e. The van der Waals surface area contributed by atoms with Crippen molar-refractivity contribution < 1.29 is 14.3 Å². The van der Waals surface area contributed by atoms with Crippen LogP contribution in [0.1, 0.15) is 41.3 Å². The summed E-state index contributed by atoms with van der Waals surface area (Å²) < 4.78 is 10.7. The molecule has 2 aromatic rings. The van der Waals surface area contributed by atoms with E-state index in [0.29, 0.717) is 22.3 Å². The lowest BCUT2D eigenvalue weighted by Crippen LogP contribution is -2.13. The molecule has 0 aliphatic rings. The van der Waals surface area contributed by atoms with Crippen LogP contribution in [0.5, 0.6) is 5.75 Å². The highest BCUT2D eigenvalue weighted by molar-refractivity contribution is 6.32. The molecule has 122 valence electrons. The number of rotatable bonds is 6. The summed E-state index contributed by atoms with van der Waals surface area (Å²) in [6.45, 7) is 6.71. The molecule has 4 heteroatoms. The van der Waals surface area contributed by atoms with E-state index in [1.165, 1.54) is 5.56 Å². The van der Waals surface area contributed by atoms with Gasteiger partial charge in [-0.15, -0.1) is 0 Å². The maximum absolute atomic E-state index is 12.1. The number of esters is 1. The van der Waals surface area contributed by atoms with Crippen LogP contribution in [0.2, 0.25) is 5.02 Å². The Kier molecular flexibility index (Phi) is 6.05. The third kappa shape index (κ3) is 4.73. The summed E-state index contributed by atoms with van der Waals surface area (Å²) in [7, 11) is 0. The minimum Gasteiger partial charge on any atom is -0.488 e. The molecule has 0 aromatic heterocycles. The maximum Gasteiger partial charge on any atom is 0.338 e. The van der Waals surface area contributed by atoms with Crippen LogP contribution >= 0.6 is 11.6 Å². The van der Waals surface area contributed by atoms with Gasteiger partial charge in [0, 0.05) is 0 Å². The van der Waals surface area contributed by atoms with Gasteiger partial charge in [-0.25, -0.2) is 4.79 Å². The van der Waals surface area contributed by atoms with Crippen molar-refractivity contribution in [3.8, 4) is 5.75 Å². The molecule has 0 N–H and O–H groups in total. The topological polar surface area (TPSA) is 35.5 Å². The molecule has 0 saturated carbocycles. The van der Waals surface area contributed by atoms with Gasteiger partial charge in [-0.1, -0.05) is 43.6 Å². The molecule has 0 bridgehead atoms. The van der Waals surface area contributed by atoms with Gasteiger partial charge in [0.1, 0.15) is 19.0 Å². The number of hydrogen-bond acceptors (Lipinski definition) is 3. The molecule has 0 radical (unpaired) electrons. The van der Waals surface area contributed by atoms with Crippen LogP contribution in [-0.2, 0) is 4.74 Å². The van der Waals surface area contributed by atoms with Gasteiger partial charge in [0.25, 0.3) is 0 Å². The standard InChI is InChI=1S/C19H21ClO3/c1-13(2)16-9-8-15(12-14(16)3)19(21)23-11-10-22-18-7-5-4-6-17(18)20/h4-9,12-13H,10-11H2,1-3H3. The quantitative estimate of drug-likeness (QED) is 0.551. The molecule has 0 amide bonds. The van der Waals surface area contributed by atoms with E-state index < -0.39 is 0 Å². The molecule has 0 spiro atoms. The van der Waals surface area contributed by atoms with Crippen molar-refractivity contribution in [2.75, 3.05) is 13.2 Å². The predicted molar refractivity (Wildman–Crippen MR) is 92.5 cm³/mol. The minimum atomic E-state index is -0.342. The van der Waals surface area contributed by atoms with E-state index in [4.69, 9.17) is 21.1 Å². The summed E-state index contributed by atoms with van der Waals surface area (Å²) in [4.78, 5) is 12.1. The number of benzene rings is 2. The first-order chi connectivity index (χ1) is 11.0. The molecule has 0 atom stereocenters. The van der Waals surface area contributed by atoms with Crippen molar-refractivity contribution in [2.24, 2.45) is 0 Å². The Hall–Kier alpha value is -2.00. The Morgan fingerprint density at radius 3 is 2.52 bits per heavy atom. The van der Waals surface area contributed by atoms with Gasteiger partial charge in [0.05, 0.1) is 10.6 Å². The fraction of sp³-hybridized carbons (Fsp3) is 0.316. The molecule has 0 aliphatic heterocycles. The number of carbonyl (C=O) groups excluding carboxylic acids is 1. The van der Waals surface area contributed by atoms with Crippen LogP contribution in [0.15, 0.2) is 42.5 Å². The van der Waals surface area contributed by atoms with Crippen molar-refractivity contribution in [3.05, 3.63) is 64.2 Å². The third-order valence-electron chi connectivity index (χ3n) is 3.54. The van der Waals surface area contributed by atoms with Gasteiger partial charge in [0.15, 0.2) is 0 Å². The average Bonchev–Trinajstić information content (AvgIpc) is 2.52. The van der Waals surface area contributed by atoms with Crippen molar-refractivity contribution in [2.45, 2.75) is 26.7 Å². The Morgan fingerprint density at radius 2 is 1.87 bits per heavy atom. The zero-order chi connectivity index (χ0) is 16.8. The van der Waals surface area contributed by atoms with E-state index in [1.807, 2.05) is 31.2 Å². The van der Waals surface area contributed by atoms with Crippen LogP contribution in [0.4, 0.5) is 0 Å².